The molecule has 1 aliphatic heterocycles. The summed E-state index contributed by atoms with van der Waals surface area (Å²) in [5.41, 5.74) is 1.27. The van der Waals surface area contributed by atoms with Crippen molar-refractivity contribution in [2.24, 2.45) is 0 Å². The van der Waals surface area contributed by atoms with E-state index < -0.39 is 28.0 Å². The van der Waals surface area contributed by atoms with Gasteiger partial charge in [-0.05, 0) is 67.6 Å². The second-order valence-corrected chi connectivity index (χ2v) is 9.40. The van der Waals surface area contributed by atoms with E-state index in [1.807, 2.05) is 6.07 Å². The molecular formula is C25H21N3O7S. The fraction of sp³-hybridized carbons (Fsp3) is 0.160. The molecule has 0 saturated heterocycles. The number of hydrogen-bond donors (Lipinski definition) is 2. The summed E-state index contributed by atoms with van der Waals surface area (Å²) in [5, 5.41) is 11.4. The molecule has 2 N–H and O–H groups in total. The van der Waals surface area contributed by atoms with E-state index in [0.717, 1.165) is 0 Å². The van der Waals surface area contributed by atoms with Gasteiger partial charge in [0.25, 0.3) is 15.9 Å². The second kappa shape index (κ2) is 10.4. The average molecular weight is 508 g/mol. The molecule has 10 nitrogen and oxygen atoms in total. The van der Waals surface area contributed by atoms with Crippen molar-refractivity contribution in [3.63, 3.8) is 0 Å². The zero-order valence-corrected chi connectivity index (χ0v) is 19.9. The molecular weight excluding hydrogens is 486 g/mol. The summed E-state index contributed by atoms with van der Waals surface area (Å²) in [5.74, 6) is -0.474. The molecule has 184 valence electrons. The van der Waals surface area contributed by atoms with Crippen molar-refractivity contribution < 1.29 is 32.2 Å². The number of esters is 1. The Bertz CT molecular complexity index is 1430. The van der Waals surface area contributed by atoms with E-state index in [-0.39, 0.29) is 16.1 Å². The molecule has 1 heterocycles. The van der Waals surface area contributed by atoms with Crippen LogP contribution in [0.15, 0.2) is 71.6 Å². The van der Waals surface area contributed by atoms with Crippen LogP contribution in [0.4, 0.5) is 11.4 Å². The molecule has 1 atom stereocenters. The minimum atomic E-state index is -3.92. The number of carbonyl (C=O) groups excluding carboxylic acids is 2. The summed E-state index contributed by atoms with van der Waals surface area (Å²) < 4.78 is 44.0. The van der Waals surface area contributed by atoms with E-state index in [2.05, 4.69) is 10.0 Å². The van der Waals surface area contributed by atoms with E-state index in [9.17, 15) is 18.0 Å². The Kier molecular flexibility index (Phi) is 7.07. The topological polar surface area (TPSA) is 144 Å². The van der Waals surface area contributed by atoms with Crippen LogP contribution >= 0.6 is 0 Å². The predicted octanol–water partition coefficient (Wildman–Crippen LogP) is 3.31. The van der Waals surface area contributed by atoms with Crippen LogP contribution < -0.4 is 19.5 Å². The van der Waals surface area contributed by atoms with Gasteiger partial charge < -0.3 is 19.5 Å². The summed E-state index contributed by atoms with van der Waals surface area (Å²) in [6.07, 6.45) is -1.10. The Morgan fingerprint density at radius 1 is 0.944 bits per heavy atom. The molecule has 0 saturated carbocycles. The van der Waals surface area contributed by atoms with Crippen molar-refractivity contribution >= 4 is 33.3 Å². The van der Waals surface area contributed by atoms with Gasteiger partial charge in [-0.2, -0.15) is 5.26 Å². The van der Waals surface area contributed by atoms with Gasteiger partial charge in [0, 0.05) is 17.4 Å². The van der Waals surface area contributed by atoms with Gasteiger partial charge >= 0.3 is 5.97 Å². The highest BCUT2D eigenvalue weighted by molar-refractivity contribution is 7.92. The monoisotopic (exact) mass is 507 g/mol. The molecule has 1 unspecified atom stereocenters. The normalized spacial score (nSPS) is 13.1. The highest BCUT2D eigenvalue weighted by Gasteiger charge is 2.21. The van der Waals surface area contributed by atoms with E-state index in [1.54, 1.807) is 24.3 Å². The molecule has 0 spiro atoms. The quantitative estimate of drug-likeness (QED) is 0.464. The maximum atomic E-state index is 12.8. The van der Waals surface area contributed by atoms with Crippen molar-refractivity contribution in [1.82, 2.24) is 0 Å². The number of sulfonamides is 1. The Morgan fingerprint density at radius 2 is 1.58 bits per heavy atom. The molecule has 0 bridgehead atoms. The lowest BCUT2D eigenvalue weighted by Crippen LogP contribution is -2.30. The van der Waals surface area contributed by atoms with Gasteiger partial charge in [-0.3, -0.25) is 9.52 Å². The number of anilines is 2. The molecule has 0 radical (unpaired) electrons. The van der Waals surface area contributed by atoms with Crippen molar-refractivity contribution in [1.29, 1.82) is 5.26 Å². The molecule has 0 fully saturated rings. The SMILES string of the molecule is CC(OC(=O)c1ccc(NS(=O)(=O)c2ccc3c(c2)OCCO3)cc1)C(=O)Nc1ccc(C#N)cc1. The number of nitriles is 1. The Hall–Kier alpha value is -4.56. The summed E-state index contributed by atoms with van der Waals surface area (Å²) in [6, 6.07) is 18.1. The largest absolute Gasteiger partial charge is 0.486 e. The molecule has 1 aliphatic rings. The second-order valence-electron chi connectivity index (χ2n) is 7.71. The van der Waals surface area contributed by atoms with Crippen molar-refractivity contribution in [3.05, 3.63) is 77.9 Å². The summed E-state index contributed by atoms with van der Waals surface area (Å²) in [4.78, 5) is 24.8. The van der Waals surface area contributed by atoms with Crippen molar-refractivity contribution in [2.45, 2.75) is 17.9 Å². The van der Waals surface area contributed by atoms with Crippen LogP contribution in [0, 0.1) is 11.3 Å². The van der Waals surface area contributed by atoms with Gasteiger partial charge in [-0.15, -0.1) is 0 Å². The molecule has 36 heavy (non-hydrogen) atoms. The van der Waals surface area contributed by atoms with Gasteiger partial charge in [0.15, 0.2) is 17.6 Å². The van der Waals surface area contributed by atoms with Crippen LogP contribution in [-0.4, -0.2) is 39.6 Å². The summed E-state index contributed by atoms with van der Waals surface area (Å²) in [6.45, 7) is 2.15. The van der Waals surface area contributed by atoms with Crippen LogP contribution in [0.3, 0.4) is 0 Å². The zero-order valence-electron chi connectivity index (χ0n) is 19.1. The molecule has 1 amide bonds. The highest BCUT2D eigenvalue weighted by atomic mass is 32.2. The number of fused-ring (bicyclic) bond motifs is 1. The molecule has 11 heteroatoms. The first-order chi connectivity index (χ1) is 17.2. The van der Waals surface area contributed by atoms with Crippen LogP contribution in [0.5, 0.6) is 11.5 Å². The van der Waals surface area contributed by atoms with E-state index in [4.69, 9.17) is 19.5 Å². The lowest BCUT2D eigenvalue weighted by atomic mass is 10.2. The van der Waals surface area contributed by atoms with Gasteiger partial charge in [-0.1, -0.05) is 0 Å². The van der Waals surface area contributed by atoms with E-state index >= 15 is 0 Å². The molecule has 0 aliphatic carbocycles. The minimum Gasteiger partial charge on any atom is -0.486 e. The standard InChI is InChI=1S/C25H21N3O7S/c1-16(24(29)27-19-6-2-17(15-26)3-7-19)35-25(30)18-4-8-20(9-5-18)28-36(31,32)21-10-11-22-23(14-21)34-13-12-33-22/h2-11,14,16,28H,12-13H2,1H3,(H,27,29). The van der Waals surface area contributed by atoms with E-state index in [1.165, 1.54) is 49.4 Å². The fourth-order valence-corrected chi connectivity index (χ4v) is 4.31. The molecule has 4 rings (SSSR count). The fourth-order valence-electron chi connectivity index (χ4n) is 3.23. The number of amides is 1. The third-order valence-corrected chi connectivity index (χ3v) is 6.51. The molecule has 3 aromatic carbocycles. The van der Waals surface area contributed by atoms with Gasteiger partial charge in [-0.25, -0.2) is 13.2 Å². The van der Waals surface area contributed by atoms with Crippen LogP contribution in [0.2, 0.25) is 0 Å². The molecule has 0 aromatic heterocycles. The smallest absolute Gasteiger partial charge is 0.338 e. The summed E-state index contributed by atoms with van der Waals surface area (Å²) in [7, 11) is -3.92. The first-order valence-corrected chi connectivity index (χ1v) is 12.3. The minimum absolute atomic E-state index is 0.00247. The number of benzene rings is 3. The highest BCUT2D eigenvalue weighted by Crippen LogP contribution is 2.32. The van der Waals surface area contributed by atoms with Crippen molar-refractivity contribution in [3.8, 4) is 17.6 Å². The maximum Gasteiger partial charge on any atom is 0.338 e. The first kappa shape index (κ1) is 24.6. The van der Waals surface area contributed by atoms with Crippen LogP contribution in [0.25, 0.3) is 0 Å². The number of nitrogens with one attached hydrogen (secondary N) is 2. The maximum absolute atomic E-state index is 12.8. The number of nitrogens with zero attached hydrogens (tertiary/aromatic N) is 1. The van der Waals surface area contributed by atoms with Crippen LogP contribution in [-0.2, 0) is 19.6 Å². The predicted molar refractivity (Wildman–Crippen MR) is 129 cm³/mol. The average Bonchev–Trinajstić information content (AvgIpc) is 2.89. The lowest BCUT2D eigenvalue weighted by molar-refractivity contribution is -0.123. The Labute approximate surface area is 207 Å². The third kappa shape index (κ3) is 5.73. The summed E-state index contributed by atoms with van der Waals surface area (Å²) >= 11 is 0. The number of hydrogen-bond acceptors (Lipinski definition) is 8. The Balaban J connectivity index is 1.36. The number of carbonyl (C=O) groups is 2. The first-order valence-electron chi connectivity index (χ1n) is 10.8. The van der Waals surface area contributed by atoms with Gasteiger partial charge in [0.05, 0.1) is 22.1 Å². The van der Waals surface area contributed by atoms with Gasteiger partial charge in [0.1, 0.15) is 13.2 Å². The van der Waals surface area contributed by atoms with E-state index in [0.29, 0.717) is 36.0 Å². The zero-order chi connectivity index (χ0) is 25.7. The van der Waals surface area contributed by atoms with Gasteiger partial charge in [0.2, 0.25) is 0 Å². The van der Waals surface area contributed by atoms with Crippen LogP contribution in [0.1, 0.15) is 22.8 Å². The van der Waals surface area contributed by atoms with Crippen molar-refractivity contribution in [2.75, 3.05) is 23.3 Å². The number of ether oxygens (including phenoxy) is 3. The molecule has 3 aromatic rings. The third-order valence-electron chi connectivity index (χ3n) is 5.13. The lowest BCUT2D eigenvalue weighted by Gasteiger charge is -2.19. The Morgan fingerprint density at radius 3 is 2.25 bits per heavy atom. The number of rotatable bonds is 7.